The first-order valence-electron chi connectivity index (χ1n) is 7.44. The van der Waals surface area contributed by atoms with Gasteiger partial charge in [0.1, 0.15) is 4.88 Å². The molecule has 0 atom stereocenters. The molecule has 3 rings (SSSR count). The molecule has 3 aromatic rings. The lowest BCUT2D eigenvalue weighted by Gasteiger charge is -2.04. The van der Waals surface area contributed by atoms with Crippen molar-refractivity contribution >= 4 is 44.0 Å². The smallest absolute Gasteiger partial charge is 0.267 e. The van der Waals surface area contributed by atoms with Crippen LogP contribution in [0.25, 0.3) is 0 Å². The molecule has 0 saturated heterocycles. The number of thiazole rings is 1. The van der Waals surface area contributed by atoms with Gasteiger partial charge < -0.3 is 10.6 Å². The van der Waals surface area contributed by atoms with E-state index in [0.717, 1.165) is 21.0 Å². The third-order valence-corrected chi connectivity index (χ3v) is 4.98. The van der Waals surface area contributed by atoms with Gasteiger partial charge in [-0.3, -0.25) is 4.79 Å². The van der Waals surface area contributed by atoms with Crippen LogP contribution >= 0.6 is 27.3 Å². The Balaban J connectivity index is 1.68. The van der Waals surface area contributed by atoms with E-state index in [1.165, 1.54) is 16.9 Å². The number of carbonyl (C=O) groups is 1. The average Bonchev–Trinajstić information content (AvgIpc) is 2.95. The van der Waals surface area contributed by atoms with Crippen molar-refractivity contribution in [2.45, 2.75) is 13.5 Å². The van der Waals surface area contributed by atoms with Crippen LogP contribution in [0.5, 0.6) is 0 Å². The first-order chi connectivity index (χ1) is 11.6. The van der Waals surface area contributed by atoms with Crippen LogP contribution in [0.1, 0.15) is 20.9 Å². The van der Waals surface area contributed by atoms with Gasteiger partial charge in [-0.15, -0.1) is 0 Å². The molecule has 0 unspecified atom stereocenters. The number of rotatable bonds is 5. The number of nitrogens with zero attached hydrogens (tertiary/aromatic N) is 1. The number of aromatic nitrogens is 1. The standard InChI is InChI=1S/C18H16BrN3OS/c1-12-16(17(23)22-15-9-5-8-14(19)10-15)24-18(21-12)20-11-13-6-3-2-4-7-13/h2-10H,11H2,1H3,(H,20,21)(H,22,23). The number of hydrogen-bond donors (Lipinski definition) is 2. The van der Waals surface area contributed by atoms with E-state index in [1.54, 1.807) is 0 Å². The maximum atomic E-state index is 12.5. The first kappa shape index (κ1) is 16.7. The number of halogens is 1. The summed E-state index contributed by atoms with van der Waals surface area (Å²) in [6.07, 6.45) is 0. The molecule has 6 heteroatoms. The number of anilines is 2. The molecular weight excluding hydrogens is 386 g/mol. The second kappa shape index (κ2) is 7.59. The van der Waals surface area contributed by atoms with E-state index in [9.17, 15) is 4.79 Å². The van der Waals surface area contributed by atoms with E-state index in [1.807, 2.05) is 61.5 Å². The van der Waals surface area contributed by atoms with Crippen molar-refractivity contribution in [3.05, 3.63) is 75.2 Å². The highest BCUT2D eigenvalue weighted by Gasteiger charge is 2.15. The fourth-order valence-corrected chi connectivity index (χ4v) is 3.47. The van der Waals surface area contributed by atoms with Crippen molar-refractivity contribution in [1.29, 1.82) is 0 Å². The summed E-state index contributed by atoms with van der Waals surface area (Å²) >= 11 is 4.76. The van der Waals surface area contributed by atoms with Gasteiger partial charge in [0.25, 0.3) is 5.91 Å². The molecule has 0 spiro atoms. The molecule has 1 amide bonds. The van der Waals surface area contributed by atoms with E-state index in [2.05, 4.69) is 31.5 Å². The van der Waals surface area contributed by atoms with Gasteiger partial charge in [-0.1, -0.05) is 63.7 Å². The predicted octanol–water partition coefficient (Wildman–Crippen LogP) is 5.08. The molecule has 1 heterocycles. The Labute approximate surface area is 153 Å². The van der Waals surface area contributed by atoms with E-state index in [-0.39, 0.29) is 5.91 Å². The summed E-state index contributed by atoms with van der Waals surface area (Å²) < 4.78 is 0.923. The Hall–Kier alpha value is -2.18. The van der Waals surface area contributed by atoms with Gasteiger partial charge in [-0.2, -0.15) is 0 Å². The molecule has 0 fully saturated rings. The highest BCUT2D eigenvalue weighted by atomic mass is 79.9. The number of carbonyl (C=O) groups excluding carboxylic acids is 1. The summed E-state index contributed by atoms with van der Waals surface area (Å²) in [6, 6.07) is 17.6. The normalized spacial score (nSPS) is 10.4. The summed E-state index contributed by atoms with van der Waals surface area (Å²) in [4.78, 5) is 17.5. The Morgan fingerprint density at radius 2 is 1.96 bits per heavy atom. The lowest BCUT2D eigenvalue weighted by molar-refractivity contribution is 0.103. The zero-order valence-electron chi connectivity index (χ0n) is 13.0. The Morgan fingerprint density at radius 3 is 2.71 bits per heavy atom. The maximum absolute atomic E-state index is 12.5. The zero-order chi connectivity index (χ0) is 16.9. The van der Waals surface area contributed by atoms with E-state index in [0.29, 0.717) is 11.4 Å². The van der Waals surface area contributed by atoms with Crippen LogP contribution in [0.2, 0.25) is 0 Å². The van der Waals surface area contributed by atoms with Gasteiger partial charge >= 0.3 is 0 Å². The second-order valence-corrected chi connectivity index (χ2v) is 7.15. The molecule has 2 N–H and O–H groups in total. The minimum absolute atomic E-state index is 0.143. The summed E-state index contributed by atoms with van der Waals surface area (Å²) in [5, 5.41) is 6.92. The van der Waals surface area contributed by atoms with Crippen LogP contribution in [0.4, 0.5) is 10.8 Å². The largest absolute Gasteiger partial charge is 0.357 e. The predicted molar refractivity (Wildman–Crippen MR) is 103 cm³/mol. The molecule has 0 aliphatic heterocycles. The molecule has 0 aliphatic rings. The van der Waals surface area contributed by atoms with Crippen molar-refractivity contribution < 1.29 is 4.79 Å². The molecule has 0 radical (unpaired) electrons. The first-order valence-corrected chi connectivity index (χ1v) is 9.05. The molecule has 0 saturated carbocycles. The third kappa shape index (κ3) is 4.21. The van der Waals surface area contributed by atoms with Crippen molar-refractivity contribution in [2.24, 2.45) is 0 Å². The number of nitrogens with one attached hydrogen (secondary N) is 2. The Morgan fingerprint density at radius 1 is 1.17 bits per heavy atom. The van der Waals surface area contributed by atoms with Crippen LogP contribution in [0.15, 0.2) is 59.1 Å². The topological polar surface area (TPSA) is 54.0 Å². The highest BCUT2D eigenvalue weighted by molar-refractivity contribution is 9.10. The van der Waals surface area contributed by atoms with Gasteiger partial charge in [0, 0.05) is 16.7 Å². The van der Waals surface area contributed by atoms with Crippen LogP contribution in [0, 0.1) is 6.92 Å². The fraction of sp³-hybridized carbons (Fsp3) is 0.111. The molecule has 2 aromatic carbocycles. The van der Waals surface area contributed by atoms with Gasteiger partial charge in [0.2, 0.25) is 0 Å². The van der Waals surface area contributed by atoms with Gasteiger partial charge in [-0.25, -0.2) is 4.98 Å². The SMILES string of the molecule is Cc1nc(NCc2ccccc2)sc1C(=O)Nc1cccc(Br)c1. The molecule has 122 valence electrons. The lowest BCUT2D eigenvalue weighted by atomic mass is 10.2. The maximum Gasteiger partial charge on any atom is 0.267 e. The molecule has 4 nitrogen and oxygen atoms in total. The summed E-state index contributed by atoms with van der Waals surface area (Å²) in [5.74, 6) is -0.143. The average molecular weight is 402 g/mol. The number of hydrogen-bond acceptors (Lipinski definition) is 4. The zero-order valence-corrected chi connectivity index (χ0v) is 15.4. The van der Waals surface area contributed by atoms with Crippen LogP contribution in [-0.2, 0) is 6.54 Å². The highest BCUT2D eigenvalue weighted by Crippen LogP contribution is 2.25. The monoisotopic (exact) mass is 401 g/mol. The third-order valence-electron chi connectivity index (χ3n) is 3.37. The molecule has 0 aliphatic carbocycles. The van der Waals surface area contributed by atoms with Gasteiger partial charge in [0.05, 0.1) is 5.69 Å². The van der Waals surface area contributed by atoms with Gasteiger partial charge in [0.15, 0.2) is 5.13 Å². The minimum atomic E-state index is -0.143. The number of benzene rings is 2. The van der Waals surface area contributed by atoms with Crippen molar-refractivity contribution in [1.82, 2.24) is 4.98 Å². The lowest BCUT2D eigenvalue weighted by Crippen LogP contribution is -2.11. The summed E-state index contributed by atoms with van der Waals surface area (Å²) in [7, 11) is 0. The van der Waals surface area contributed by atoms with E-state index in [4.69, 9.17) is 0 Å². The molecule has 0 bridgehead atoms. The summed E-state index contributed by atoms with van der Waals surface area (Å²) in [6.45, 7) is 2.53. The quantitative estimate of drug-likeness (QED) is 0.626. The fourth-order valence-electron chi connectivity index (χ4n) is 2.21. The van der Waals surface area contributed by atoms with E-state index >= 15 is 0 Å². The van der Waals surface area contributed by atoms with Crippen LogP contribution in [-0.4, -0.2) is 10.9 Å². The Bertz CT molecular complexity index is 848. The molecule has 24 heavy (non-hydrogen) atoms. The van der Waals surface area contributed by atoms with Crippen molar-refractivity contribution in [3.63, 3.8) is 0 Å². The number of amides is 1. The number of aryl methyl sites for hydroxylation is 1. The van der Waals surface area contributed by atoms with E-state index < -0.39 is 0 Å². The van der Waals surface area contributed by atoms with Crippen molar-refractivity contribution in [3.8, 4) is 0 Å². The van der Waals surface area contributed by atoms with Gasteiger partial charge in [-0.05, 0) is 30.7 Å². The minimum Gasteiger partial charge on any atom is -0.357 e. The molecule has 1 aromatic heterocycles. The molecular formula is C18H16BrN3OS. The summed E-state index contributed by atoms with van der Waals surface area (Å²) in [5.41, 5.74) is 2.65. The second-order valence-electron chi connectivity index (χ2n) is 5.24. The van der Waals surface area contributed by atoms with Crippen molar-refractivity contribution in [2.75, 3.05) is 10.6 Å². The van der Waals surface area contributed by atoms with Crippen LogP contribution in [0.3, 0.4) is 0 Å². The Kier molecular flexibility index (Phi) is 5.27. The van der Waals surface area contributed by atoms with Crippen LogP contribution < -0.4 is 10.6 Å².